The van der Waals surface area contributed by atoms with E-state index in [-0.39, 0.29) is 24.1 Å². The second kappa shape index (κ2) is 7.65. The highest BCUT2D eigenvalue weighted by Gasteiger charge is 2.23. The number of nitrogens with one attached hydrogen (secondary N) is 1. The van der Waals surface area contributed by atoms with Crippen LogP contribution in [0.3, 0.4) is 0 Å². The summed E-state index contributed by atoms with van der Waals surface area (Å²) in [6.07, 6.45) is 0.650. The molecule has 0 saturated carbocycles. The molecule has 0 spiro atoms. The molecular weight excluding hydrogens is 302 g/mol. The highest BCUT2D eigenvalue weighted by Crippen LogP contribution is 2.24. The molecule has 2 rings (SSSR count). The Hall–Kier alpha value is -2.28. The van der Waals surface area contributed by atoms with Crippen molar-refractivity contribution in [1.29, 1.82) is 0 Å². The standard InChI is InChI=1S/C15H17N3O3S/c1-3-11(10-8-6-5-7-9-10)13(19)16-14-12(17-18-22-14)15(20)21-4-2/h5-9,11H,3-4H2,1-2H3,(H,16,19). The van der Waals surface area contributed by atoms with Crippen LogP contribution < -0.4 is 5.32 Å². The maximum Gasteiger partial charge on any atom is 0.362 e. The van der Waals surface area contributed by atoms with E-state index >= 15 is 0 Å². The number of amides is 1. The number of hydrogen-bond donors (Lipinski definition) is 1. The third-order valence-corrected chi connectivity index (χ3v) is 3.76. The Morgan fingerprint density at radius 1 is 1.27 bits per heavy atom. The third kappa shape index (κ3) is 3.67. The molecule has 6 nitrogen and oxygen atoms in total. The van der Waals surface area contributed by atoms with E-state index in [1.54, 1.807) is 6.92 Å². The lowest BCUT2D eigenvalue weighted by atomic mass is 9.96. The number of anilines is 1. The van der Waals surface area contributed by atoms with Crippen LogP contribution in [-0.4, -0.2) is 28.1 Å². The van der Waals surface area contributed by atoms with Crippen LogP contribution in [-0.2, 0) is 9.53 Å². The highest BCUT2D eigenvalue weighted by atomic mass is 32.1. The summed E-state index contributed by atoms with van der Waals surface area (Å²) in [6.45, 7) is 3.89. The molecule has 2 aromatic rings. The van der Waals surface area contributed by atoms with Gasteiger partial charge in [0.25, 0.3) is 0 Å². The highest BCUT2D eigenvalue weighted by molar-refractivity contribution is 7.10. The normalized spacial score (nSPS) is 11.7. The molecule has 22 heavy (non-hydrogen) atoms. The van der Waals surface area contributed by atoms with Gasteiger partial charge in [-0.1, -0.05) is 41.7 Å². The lowest BCUT2D eigenvalue weighted by molar-refractivity contribution is -0.117. The van der Waals surface area contributed by atoms with Crippen molar-refractivity contribution in [3.63, 3.8) is 0 Å². The van der Waals surface area contributed by atoms with Crippen LogP contribution in [0.15, 0.2) is 30.3 Å². The van der Waals surface area contributed by atoms with Crippen LogP contribution in [0.2, 0.25) is 0 Å². The first-order chi connectivity index (χ1) is 10.7. The van der Waals surface area contributed by atoms with Crippen LogP contribution >= 0.6 is 11.5 Å². The lowest BCUT2D eigenvalue weighted by Gasteiger charge is -2.14. The van der Waals surface area contributed by atoms with E-state index in [2.05, 4.69) is 14.9 Å². The van der Waals surface area contributed by atoms with Crippen LogP contribution in [0.5, 0.6) is 0 Å². The molecule has 0 aliphatic carbocycles. The van der Waals surface area contributed by atoms with Crippen molar-refractivity contribution in [2.45, 2.75) is 26.2 Å². The summed E-state index contributed by atoms with van der Waals surface area (Å²) in [5, 5.41) is 6.78. The van der Waals surface area contributed by atoms with Crippen molar-refractivity contribution in [2.24, 2.45) is 0 Å². The molecule has 1 unspecified atom stereocenters. The molecule has 1 aromatic heterocycles. The van der Waals surface area contributed by atoms with E-state index in [1.165, 1.54) is 0 Å². The lowest BCUT2D eigenvalue weighted by Crippen LogP contribution is -2.21. The van der Waals surface area contributed by atoms with Gasteiger partial charge in [-0.15, -0.1) is 5.10 Å². The van der Waals surface area contributed by atoms with Crippen molar-refractivity contribution < 1.29 is 14.3 Å². The second-order valence-electron chi connectivity index (χ2n) is 4.53. The van der Waals surface area contributed by atoms with E-state index < -0.39 is 5.97 Å². The summed E-state index contributed by atoms with van der Waals surface area (Å²) in [5.74, 6) is -1.07. The number of rotatable bonds is 6. The Bertz CT molecular complexity index is 642. The van der Waals surface area contributed by atoms with Crippen molar-refractivity contribution in [2.75, 3.05) is 11.9 Å². The first kappa shape index (κ1) is 16.1. The number of nitrogens with zero attached hydrogens (tertiary/aromatic N) is 2. The molecule has 0 saturated heterocycles. The minimum Gasteiger partial charge on any atom is -0.461 e. The van der Waals surface area contributed by atoms with Crippen molar-refractivity contribution in [1.82, 2.24) is 9.59 Å². The molecule has 1 aromatic carbocycles. The largest absolute Gasteiger partial charge is 0.461 e. The molecule has 1 heterocycles. The molecule has 0 fully saturated rings. The fourth-order valence-corrected chi connectivity index (χ4v) is 2.62. The molecular formula is C15H17N3O3S. The number of benzene rings is 1. The number of esters is 1. The second-order valence-corrected chi connectivity index (χ2v) is 5.29. The van der Waals surface area contributed by atoms with Gasteiger partial charge in [0, 0.05) is 11.5 Å². The van der Waals surface area contributed by atoms with Gasteiger partial charge in [0.1, 0.15) is 0 Å². The van der Waals surface area contributed by atoms with Gasteiger partial charge in [-0.05, 0) is 18.9 Å². The Kier molecular flexibility index (Phi) is 5.60. The monoisotopic (exact) mass is 319 g/mol. The summed E-state index contributed by atoms with van der Waals surface area (Å²) in [5.41, 5.74) is 0.973. The van der Waals surface area contributed by atoms with Crippen LogP contribution in [0, 0.1) is 0 Å². The van der Waals surface area contributed by atoms with Gasteiger partial charge in [0.15, 0.2) is 5.00 Å². The molecule has 1 amide bonds. The maximum absolute atomic E-state index is 12.5. The quantitative estimate of drug-likeness (QED) is 0.828. The van der Waals surface area contributed by atoms with E-state index in [9.17, 15) is 9.59 Å². The Balaban J connectivity index is 2.15. The molecule has 1 atom stereocenters. The number of ether oxygens (including phenoxy) is 1. The van der Waals surface area contributed by atoms with E-state index in [0.717, 1.165) is 17.1 Å². The molecule has 7 heteroatoms. The van der Waals surface area contributed by atoms with Gasteiger partial charge >= 0.3 is 5.97 Å². The van der Waals surface area contributed by atoms with Crippen LogP contribution in [0.1, 0.15) is 42.2 Å². The van der Waals surface area contributed by atoms with Crippen molar-refractivity contribution >= 4 is 28.4 Å². The maximum atomic E-state index is 12.5. The molecule has 0 radical (unpaired) electrons. The Labute approximate surface area is 132 Å². The van der Waals surface area contributed by atoms with E-state index in [1.807, 2.05) is 37.3 Å². The zero-order valence-electron chi connectivity index (χ0n) is 12.4. The van der Waals surface area contributed by atoms with Gasteiger partial charge in [0.2, 0.25) is 11.6 Å². The fourth-order valence-electron chi connectivity index (χ4n) is 2.06. The minimum atomic E-state index is -0.584. The van der Waals surface area contributed by atoms with E-state index in [4.69, 9.17) is 4.74 Å². The summed E-state index contributed by atoms with van der Waals surface area (Å²) >= 11 is 0.961. The number of hydrogen-bond acceptors (Lipinski definition) is 6. The predicted octanol–water partition coefficient (Wildman–Crippen LogP) is 2.85. The summed E-state index contributed by atoms with van der Waals surface area (Å²) in [7, 11) is 0. The molecule has 0 bridgehead atoms. The van der Waals surface area contributed by atoms with Crippen LogP contribution in [0.25, 0.3) is 0 Å². The Morgan fingerprint density at radius 3 is 2.64 bits per heavy atom. The van der Waals surface area contributed by atoms with Gasteiger partial charge < -0.3 is 10.1 Å². The summed E-state index contributed by atoms with van der Waals surface area (Å²) < 4.78 is 8.61. The number of carbonyl (C=O) groups is 2. The number of carbonyl (C=O) groups excluding carboxylic acids is 2. The van der Waals surface area contributed by atoms with Gasteiger partial charge in [-0.2, -0.15) is 0 Å². The van der Waals surface area contributed by atoms with Crippen LogP contribution in [0.4, 0.5) is 5.00 Å². The van der Waals surface area contributed by atoms with Crippen molar-refractivity contribution in [3.05, 3.63) is 41.6 Å². The first-order valence-corrected chi connectivity index (χ1v) is 7.80. The SMILES string of the molecule is CCOC(=O)c1nnsc1NC(=O)C(CC)c1ccccc1. The molecule has 0 aliphatic heterocycles. The van der Waals surface area contributed by atoms with Gasteiger partial charge in [0.05, 0.1) is 12.5 Å². The summed E-state index contributed by atoms with van der Waals surface area (Å²) in [4.78, 5) is 24.2. The third-order valence-electron chi connectivity index (χ3n) is 3.12. The number of aromatic nitrogens is 2. The average molecular weight is 319 g/mol. The van der Waals surface area contributed by atoms with Crippen molar-refractivity contribution in [3.8, 4) is 0 Å². The van der Waals surface area contributed by atoms with E-state index in [0.29, 0.717) is 11.4 Å². The molecule has 0 aliphatic rings. The topological polar surface area (TPSA) is 81.2 Å². The Morgan fingerprint density at radius 2 is 2.00 bits per heavy atom. The first-order valence-electron chi connectivity index (χ1n) is 7.02. The zero-order valence-corrected chi connectivity index (χ0v) is 13.2. The minimum absolute atomic E-state index is 0.0446. The molecule has 116 valence electrons. The predicted molar refractivity (Wildman–Crippen MR) is 84.0 cm³/mol. The average Bonchev–Trinajstić information content (AvgIpc) is 2.97. The molecule has 1 N–H and O–H groups in total. The fraction of sp³-hybridized carbons (Fsp3) is 0.333. The smallest absolute Gasteiger partial charge is 0.362 e. The summed E-state index contributed by atoms with van der Waals surface area (Å²) in [6, 6.07) is 9.50. The zero-order chi connectivity index (χ0) is 15.9. The van der Waals surface area contributed by atoms with Gasteiger partial charge in [-0.25, -0.2) is 4.79 Å². The van der Waals surface area contributed by atoms with Gasteiger partial charge in [-0.3, -0.25) is 4.79 Å².